The number of amides is 1. The van der Waals surface area contributed by atoms with Crippen LogP contribution in [0.5, 0.6) is 11.5 Å². The van der Waals surface area contributed by atoms with Crippen molar-refractivity contribution in [3.63, 3.8) is 0 Å². The summed E-state index contributed by atoms with van der Waals surface area (Å²) in [5, 5.41) is 3.81. The Morgan fingerprint density at radius 2 is 2.19 bits per heavy atom. The normalized spacial score (nSPS) is 18.1. The van der Waals surface area contributed by atoms with Crippen molar-refractivity contribution in [3.05, 3.63) is 30.4 Å². The average Bonchev–Trinajstić information content (AvgIpc) is 3.15. The standard InChI is InChI=1S/C14H15N3O4/c1-19-10-3-4-11(12(6-10)20-2)17-7-9(5-13(17)18)14-15-8-21-16-14/h3-4,6,8-9H,5,7H2,1-2H3. The van der Waals surface area contributed by atoms with E-state index in [-0.39, 0.29) is 11.8 Å². The quantitative estimate of drug-likeness (QED) is 0.851. The van der Waals surface area contributed by atoms with Crippen LogP contribution in [-0.2, 0) is 4.79 Å². The van der Waals surface area contributed by atoms with Crippen molar-refractivity contribution in [2.45, 2.75) is 12.3 Å². The van der Waals surface area contributed by atoms with Crippen LogP contribution in [0.3, 0.4) is 0 Å². The van der Waals surface area contributed by atoms with E-state index in [0.29, 0.717) is 36.0 Å². The molecule has 0 bridgehead atoms. The van der Waals surface area contributed by atoms with Crippen molar-refractivity contribution in [2.24, 2.45) is 0 Å². The molecule has 2 heterocycles. The minimum atomic E-state index is -0.0666. The van der Waals surface area contributed by atoms with Crippen LogP contribution >= 0.6 is 0 Å². The van der Waals surface area contributed by atoms with Crippen LogP contribution in [0.25, 0.3) is 0 Å². The maximum Gasteiger partial charge on any atom is 0.227 e. The second kappa shape index (κ2) is 5.43. The Kier molecular flexibility index (Phi) is 3.47. The van der Waals surface area contributed by atoms with Gasteiger partial charge in [-0.2, -0.15) is 4.98 Å². The molecule has 0 radical (unpaired) electrons. The number of carbonyl (C=O) groups is 1. The molecule has 1 aliphatic heterocycles. The summed E-state index contributed by atoms with van der Waals surface area (Å²) in [6, 6.07) is 5.37. The van der Waals surface area contributed by atoms with E-state index < -0.39 is 0 Å². The fourth-order valence-corrected chi connectivity index (χ4v) is 2.48. The van der Waals surface area contributed by atoms with Gasteiger partial charge >= 0.3 is 0 Å². The minimum Gasteiger partial charge on any atom is -0.497 e. The molecule has 1 fully saturated rings. The molecule has 0 spiro atoms. The molecule has 1 saturated heterocycles. The first-order valence-corrected chi connectivity index (χ1v) is 6.51. The van der Waals surface area contributed by atoms with Crippen LogP contribution in [0.1, 0.15) is 18.2 Å². The number of hydrogen-bond donors (Lipinski definition) is 0. The number of aromatic nitrogens is 2. The van der Waals surface area contributed by atoms with Crippen LogP contribution in [0.4, 0.5) is 5.69 Å². The first kappa shape index (κ1) is 13.4. The Labute approximate surface area is 121 Å². The molecule has 3 rings (SSSR count). The summed E-state index contributed by atoms with van der Waals surface area (Å²) >= 11 is 0. The lowest BCUT2D eigenvalue weighted by molar-refractivity contribution is -0.117. The van der Waals surface area contributed by atoms with Gasteiger partial charge in [0, 0.05) is 24.9 Å². The highest BCUT2D eigenvalue weighted by atomic mass is 16.5. The van der Waals surface area contributed by atoms with Crippen molar-refractivity contribution in [1.29, 1.82) is 0 Å². The number of ether oxygens (including phenoxy) is 2. The summed E-state index contributed by atoms with van der Waals surface area (Å²) in [5.74, 6) is 1.77. The number of anilines is 1. The highest BCUT2D eigenvalue weighted by molar-refractivity contribution is 5.97. The van der Waals surface area contributed by atoms with Gasteiger partial charge in [-0.3, -0.25) is 4.79 Å². The van der Waals surface area contributed by atoms with Crippen molar-refractivity contribution >= 4 is 11.6 Å². The van der Waals surface area contributed by atoms with Crippen molar-refractivity contribution in [1.82, 2.24) is 10.1 Å². The molecule has 1 unspecified atom stereocenters. The van der Waals surface area contributed by atoms with Crippen LogP contribution in [0.2, 0.25) is 0 Å². The topological polar surface area (TPSA) is 77.7 Å². The molecule has 110 valence electrons. The van der Waals surface area contributed by atoms with Gasteiger partial charge in [0.15, 0.2) is 5.82 Å². The van der Waals surface area contributed by atoms with Crippen LogP contribution in [0.15, 0.2) is 29.1 Å². The maximum absolute atomic E-state index is 12.3. The van der Waals surface area contributed by atoms with E-state index in [4.69, 9.17) is 14.0 Å². The van der Waals surface area contributed by atoms with E-state index in [1.165, 1.54) is 6.39 Å². The van der Waals surface area contributed by atoms with Gasteiger partial charge in [0.05, 0.1) is 19.9 Å². The number of methoxy groups -OCH3 is 2. The molecule has 1 atom stereocenters. The second-order valence-corrected chi connectivity index (χ2v) is 4.73. The van der Waals surface area contributed by atoms with E-state index in [1.54, 1.807) is 31.3 Å². The molecule has 0 saturated carbocycles. The Morgan fingerprint density at radius 1 is 1.33 bits per heavy atom. The van der Waals surface area contributed by atoms with Gasteiger partial charge in [-0.15, -0.1) is 0 Å². The fourth-order valence-electron chi connectivity index (χ4n) is 2.48. The summed E-state index contributed by atoms with van der Waals surface area (Å²) in [5.41, 5.74) is 0.717. The number of benzene rings is 1. The fraction of sp³-hybridized carbons (Fsp3) is 0.357. The zero-order chi connectivity index (χ0) is 14.8. The number of rotatable bonds is 4. The van der Waals surface area contributed by atoms with E-state index in [9.17, 15) is 4.79 Å². The van der Waals surface area contributed by atoms with Crippen molar-refractivity contribution in [3.8, 4) is 11.5 Å². The molecule has 2 aromatic rings. The highest BCUT2D eigenvalue weighted by Crippen LogP contribution is 2.37. The molecule has 1 aromatic heterocycles. The Hall–Kier alpha value is -2.57. The Bertz CT molecular complexity index is 642. The van der Waals surface area contributed by atoms with E-state index in [0.717, 1.165) is 0 Å². The van der Waals surface area contributed by atoms with E-state index in [2.05, 4.69) is 10.1 Å². The zero-order valence-corrected chi connectivity index (χ0v) is 11.8. The lowest BCUT2D eigenvalue weighted by atomic mass is 10.1. The summed E-state index contributed by atoms with van der Waals surface area (Å²) in [6.07, 6.45) is 1.63. The number of hydrogen-bond acceptors (Lipinski definition) is 6. The van der Waals surface area contributed by atoms with E-state index in [1.807, 2.05) is 6.07 Å². The smallest absolute Gasteiger partial charge is 0.227 e. The average molecular weight is 289 g/mol. The van der Waals surface area contributed by atoms with Gasteiger partial charge in [-0.05, 0) is 12.1 Å². The van der Waals surface area contributed by atoms with Gasteiger partial charge in [-0.25, -0.2) is 0 Å². The van der Waals surface area contributed by atoms with Gasteiger partial charge < -0.3 is 18.9 Å². The molecule has 7 nitrogen and oxygen atoms in total. The van der Waals surface area contributed by atoms with Gasteiger partial charge in [0.1, 0.15) is 11.5 Å². The molecule has 7 heteroatoms. The van der Waals surface area contributed by atoms with Crippen molar-refractivity contribution in [2.75, 3.05) is 25.7 Å². The number of nitrogens with zero attached hydrogens (tertiary/aromatic N) is 3. The third kappa shape index (κ3) is 2.42. The largest absolute Gasteiger partial charge is 0.497 e. The molecular weight excluding hydrogens is 274 g/mol. The molecular formula is C14H15N3O4. The molecule has 1 amide bonds. The molecule has 0 aliphatic carbocycles. The minimum absolute atomic E-state index is 0.00765. The molecule has 1 aromatic carbocycles. The Morgan fingerprint density at radius 3 is 2.86 bits per heavy atom. The van der Waals surface area contributed by atoms with Crippen LogP contribution < -0.4 is 14.4 Å². The molecule has 0 N–H and O–H groups in total. The molecule has 1 aliphatic rings. The first-order valence-electron chi connectivity index (χ1n) is 6.51. The van der Waals surface area contributed by atoms with Gasteiger partial charge in [0.2, 0.25) is 12.3 Å². The summed E-state index contributed by atoms with van der Waals surface area (Å²) in [6.45, 7) is 0.501. The summed E-state index contributed by atoms with van der Waals surface area (Å²) in [7, 11) is 3.15. The van der Waals surface area contributed by atoms with E-state index >= 15 is 0 Å². The van der Waals surface area contributed by atoms with Crippen LogP contribution in [0, 0.1) is 0 Å². The monoisotopic (exact) mass is 289 g/mol. The van der Waals surface area contributed by atoms with Gasteiger partial charge in [-0.1, -0.05) is 5.16 Å². The lowest BCUT2D eigenvalue weighted by Gasteiger charge is -2.19. The Balaban J connectivity index is 1.89. The second-order valence-electron chi connectivity index (χ2n) is 4.73. The van der Waals surface area contributed by atoms with Crippen molar-refractivity contribution < 1.29 is 18.8 Å². The predicted octanol–water partition coefficient (Wildman–Crippen LogP) is 1.61. The van der Waals surface area contributed by atoms with Crippen LogP contribution in [-0.4, -0.2) is 36.8 Å². The lowest BCUT2D eigenvalue weighted by Crippen LogP contribution is -2.24. The SMILES string of the molecule is COc1ccc(N2CC(c3ncon3)CC2=O)c(OC)c1. The first-order chi connectivity index (χ1) is 10.2. The third-order valence-corrected chi connectivity index (χ3v) is 3.55. The maximum atomic E-state index is 12.3. The summed E-state index contributed by atoms with van der Waals surface area (Å²) < 4.78 is 15.3. The zero-order valence-electron chi connectivity index (χ0n) is 11.8. The number of carbonyl (C=O) groups excluding carboxylic acids is 1. The summed E-state index contributed by atoms with van der Waals surface area (Å²) in [4.78, 5) is 18.0. The third-order valence-electron chi connectivity index (χ3n) is 3.55. The predicted molar refractivity (Wildman–Crippen MR) is 73.6 cm³/mol. The molecule has 21 heavy (non-hydrogen) atoms. The highest BCUT2D eigenvalue weighted by Gasteiger charge is 2.35. The van der Waals surface area contributed by atoms with Gasteiger partial charge in [0.25, 0.3) is 0 Å².